The SMILES string of the molecule is C.C=S(=O)(O)CCCN(C)CC(C)(C)C.CC(=O)C1OC(OCCCN(C)CCC(C)C)C(O)C(O)C1O.CC(=O)C1OC(Oc2ccc(CN(C)CCC(C)C)cc2)C(O)C(O)C1O.CCC(CO)(CO)NC(=O)CCN(C)CCC(C)C.CCC(O)CCN(C)CCC(C)C. The number of Topliss-reactive ketones (excluding diaryl/α,β-unsaturated/α-hetero) is 2. The number of hydrogen-bond acceptors (Lipinski definition) is 22. The van der Waals surface area contributed by atoms with Crippen molar-refractivity contribution in [2.45, 2.75) is 255 Å². The Bertz CT molecular complexity index is 2270. The molecule has 11 N–H and O–H groups in total. The molecule has 1 aromatic rings. The molecule has 2 fully saturated rings. The zero-order chi connectivity index (χ0) is 74.3. The molecular formula is C72H144N6O18S. The van der Waals surface area contributed by atoms with E-state index in [2.05, 4.69) is 126 Å². The van der Waals surface area contributed by atoms with E-state index >= 15 is 0 Å². The van der Waals surface area contributed by atoms with Crippen LogP contribution in [0.15, 0.2) is 24.3 Å². The number of rotatable bonds is 39. The first kappa shape index (κ1) is 98.3. The first-order valence-electron chi connectivity index (χ1n) is 35.0. The Morgan fingerprint density at radius 3 is 1.40 bits per heavy atom. The van der Waals surface area contributed by atoms with Gasteiger partial charge in [0.15, 0.2) is 17.9 Å². The summed E-state index contributed by atoms with van der Waals surface area (Å²) in [6.45, 7) is 39.8. The van der Waals surface area contributed by atoms with Crippen LogP contribution in [0.5, 0.6) is 5.75 Å². The second kappa shape index (κ2) is 52.1. The molecule has 12 unspecified atom stereocenters. The molecule has 1 aromatic carbocycles. The van der Waals surface area contributed by atoms with E-state index in [1.807, 2.05) is 47.1 Å². The maximum Gasteiger partial charge on any atom is 0.229 e. The molecule has 24 nitrogen and oxygen atoms in total. The lowest BCUT2D eigenvalue weighted by Crippen LogP contribution is -2.60. The lowest BCUT2D eigenvalue weighted by molar-refractivity contribution is -0.290. The highest BCUT2D eigenvalue weighted by atomic mass is 32.2. The van der Waals surface area contributed by atoms with Gasteiger partial charge >= 0.3 is 0 Å². The van der Waals surface area contributed by atoms with Crippen molar-refractivity contribution in [3.8, 4) is 5.75 Å². The lowest BCUT2D eigenvalue weighted by atomic mass is 9.96. The third kappa shape index (κ3) is 47.1. The Labute approximate surface area is 588 Å². The highest BCUT2D eigenvalue weighted by Gasteiger charge is 2.47. The van der Waals surface area contributed by atoms with Gasteiger partial charge in [0.25, 0.3) is 0 Å². The number of ether oxygens (including phenoxy) is 4. The van der Waals surface area contributed by atoms with Crippen LogP contribution in [-0.2, 0) is 44.9 Å². The van der Waals surface area contributed by atoms with Crippen molar-refractivity contribution in [3.05, 3.63) is 29.8 Å². The van der Waals surface area contributed by atoms with Gasteiger partial charge in [-0.05, 0) is 192 Å². The third-order valence-corrected chi connectivity index (χ3v) is 17.3. The van der Waals surface area contributed by atoms with E-state index < -0.39 is 88.3 Å². The number of hydrogen-bond donors (Lipinski definition) is 11. The third-order valence-electron chi connectivity index (χ3n) is 16.4. The van der Waals surface area contributed by atoms with Crippen LogP contribution in [0.2, 0.25) is 0 Å². The quantitative estimate of drug-likeness (QED) is 0.0281. The van der Waals surface area contributed by atoms with Crippen LogP contribution in [0.1, 0.15) is 181 Å². The molecule has 0 saturated carbocycles. The molecule has 1 amide bonds. The van der Waals surface area contributed by atoms with Crippen LogP contribution in [0.3, 0.4) is 0 Å². The molecule has 2 heterocycles. The molecule has 0 bridgehead atoms. The van der Waals surface area contributed by atoms with Gasteiger partial charge in [-0.2, -0.15) is 0 Å². The molecule has 0 aromatic heterocycles. The minimum absolute atomic E-state index is 0. The average Bonchev–Trinajstić information content (AvgIpc) is 0.815. The van der Waals surface area contributed by atoms with Crippen LogP contribution >= 0.6 is 0 Å². The summed E-state index contributed by atoms with van der Waals surface area (Å²) in [7, 11) is 7.49. The van der Waals surface area contributed by atoms with Crippen molar-refractivity contribution in [2.24, 2.45) is 29.1 Å². The summed E-state index contributed by atoms with van der Waals surface area (Å²) in [6.07, 6.45) is -4.83. The van der Waals surface area contributed by atoms with E-state index in [1.165, 1.54) is 20.3 Å². The Morgan fingerprint density at radius 2 is 1.00 bits per heavy atom. The topological polar surface area (TPSA) is 336 Å². The number of carbonyl (C=O) groups excluding carboxylic acids is 3. The maximum absolute atomic E-state index is 11.8. The smallest absolute Gasteiger partial charge is 0.229 e. The molecule has 2 saturated heterocycles. The van der Waals surface area contributed by atoms with Gasteiger partial charge in [-0.1, -0.05) is 110 Å². The standard InChI is InChI=1S/C20H31NO6.C16H31NO6.C14H30N2O3.C11H25NO.C10H23NO2S.CH4/c1-12(2)9-10-21(4)11-14-5-7-15(8-6-14)26-20-18(25)16(23)17(24)19(27-20)13(3)22;1-10(2)6-8-17(4)7-5-9-22-16-14(21)12(19)13(20)15(23-16)11(3)18;1-5-14(10-17,11-18)15-13(19)7-9-16(4)8-6-12(2)3;1-5-11(13)7-9-12(4)8-6-10(2)3;1-10(2,3)9-11(4)7-6-8-14(5,12)13;/h5-8,12,16-20,23-25H,9-11H2,1-4H3;10,12-16,19-21H,5-9H2,1-4H3;12,17-18H,5-11H2,1-4H3,(H,15,19);10-11,13H,5-9H2,1-4H3;5-9H2,1-4H3,(H,12,13);1H4. The summed E-state index contributed by atoms with van der Waals surface area (Å²) in [6, 6.07) is 7.35. The number of ketones is 2. The fourth-order valence-corrected chi connectivity index (χ4v) is 10.3. The fraction of sp³-hybridized carbons (Fsp3) is 0.861. The van der Waals surface area contributed by atoms with Crippen molar-refractivity contribution in [1.82, 2.24) is 29.8 Å². The Balaban J connectivity index is -0.00000117. The number of carbonyl (C=O) groups is 3. The Morgan fingerprint density at radius 1 is 0.598 bits per heavy atom. The second-order valence-corrected chi connectivity index (χ2v) is 31.6. The zero-order valence-corrected chi connectivity index (χ0v) is 63.8. The number of benzene rings is 1. The average molecular weight is 1410 g/mol. The van der Waals surface area contributed by atoms with Crippen molar-refractivity contribution < 1.29 is 88.1 Å². The molecule has 97 heavy (non-hydrogen) atoms. The van der Waals surface area contributed by atoms with Crippen molar-refractivity contribution in [2.75, 3.05) is 120 Å². The monoisotopic (exact) mass is 1410 g/mol. The first-order valence-corrected chi connectivity index (χ1v) is 36.8. The van der Waals surface area contributed by atoms with Gasteiger partial charge in [-0.15, -0.1) is 0 Å². The first-order chi connectivity index (χ1) is 44.5. The minimum atomic E-state index is -2.79. The van der Waals surface area contributed by atoms with Crippen LogP contribution in [-0.4, -0.2) is 295 Å². The molecule has 0 radical (unpaired) electrons. The number of amides is 1. The van der Waals surface area contributed by atoms with Gasteiger partial charge in [-0.3, -0.25) is 14.4 Å². The van der Waals surface area contributed by atoms with Gasteiger partial charge in [0.1, 0.15) is 54.6 Å². The highest BCUT2D eigenvalue weighted by Crippen LogP contribution is 2.26. The van der Waals surface area contributed by atoms with Crippen LogP contribution in [0.4, 0.5) is 0 Å². The molecule has 576 valence electrons. The maximum atomic E-state index is 11.8. The summed E-state index contributed by atoms with van der Waals surface area (Å²) in [4.78, 5) is 45.9. The van der Waals surface area contributed by atoms with Crippen LogP contribution in [0, 0.1) is 29.1 Å². The predicted octanol–water partition coefficient (Wildman–Crippen LogP) is 5.62. The van der Waals surface area contributed by atoms with Gasteiger partial charge in [0.2, 0.25) is 12.2 Å². The summed E-state index contributed by atoms with van der Waals surface area (Å²) in [5, 5.41) is 89.8. The van der Waals surface area contributed by atoms with Gasteiger partial charge in [-0.25, -0.2) is 4.21 Å². The summed E-state index contributed by atoms with van der Waals surface area (Å²) < 4.78 is 41.5. The summed E-state index contributed by atoms with van der Waals surface area (Å²) >= 11 is 0. The number of aliphatic hydroxyl groups excluding tert-OH is 9. The van der Waals surface area contributed by atoms with Gasteiger partial charge in [0.05, 0.1) is 41.3 Å². The Hall–Kier alpha value is -2.87. The normalized spacial score (nSPS) is 22.2. The molecule has 25 heteroatoms. The van der Waals surface area contributed by atoms with Crippen LogP contribution in [0.25, 0.3) is 0 Å². The van der Waals surface area contributed by atoms with Crippen LogP contribution < -0.4 is 10.1 Å². The van der Waals surface area contributed by atoms with Crippen molar-refractivity contribution >= 4 is 33.1 Å². The molecular weight excluding hydrogens is 1270 g/mol. The van der Waals surface area contributed by atoms with E-state index in [9.17, 15) is 64.6 Å². The summed E-state index contributed by atoms with van der Waals surface area (Å²) in [5.41, 5.74) is 0.517. The molecule has 0 aliphatic carbocycles. The van der Waals surface area contributed by atoms with E-state index in [0.29, 0.717) is 55.2 Å². The molecule has 3 rings (SSSR count). The van der Waals surface area contributed by atoms with E-state index in [4.69, 9.17) is 23.5 Å². The molecule has 0 spiro atoms. The molecule has 2 aliphatic heterocycles. The summed E-state index contributed by atoms with van der Waals surface area (Å²) in [5.74, 6) is 5.73. The number of nitrogens with one attached hydrogen (secondary N) is 1. The van der Waals surface area contributed by atoms with E-state index in [0.717, 1.165) is 115 Å². The largest absolute Gasteiger partial charge is 0.462 e. The minimum Gasteiger partial charge on any atom is -0.462 e. The second-order valence-electron chi connectivity index (χ2n) is 29.6. The predicted molar refractivity (Wildman–Crippen MR) is 391 cm³/mol. The van der Waals surface area contributed by atoms with Crippen molar-refractivity contribution in [1.29, 1.82) is 0 Å². The Kier molecular flexibility index (Phi) is 52.8. The lowest BCUT2D eigenvalue weighted by Gasteiger charge is -2.39. The fourth-order valence-electron chi connectivity index (χ4n) is 9.70. The van der Waals surface area contributed by atoms with E-state index in [1.54, 1.807) is 12.1 Å². The van der Waals surface area contributed by atoms with Crippen molar-refractivity contribution in [3.63, 3.8) is 0 Å². The number of aliphatic hydroxyl groups is 9. The van der Waals surface area contributed by atoms with E-state index in [-0.39, 0.29) is 38.1 Å². The highest BCUT2D eigenvalue weighted by molar-refractivity contribution is 7.95. The molecule has 12 atom stereocenters. The molecule has 2 aliphatic rings. The number of nitrogens with zero attached hydrogens (tertiary/aromatic N) is 5. The van der Waals surface area contributed by atoms with Gasteiger partial charge in [0, 0.05) is 44.9 Å². The zero-order valence-electron chi connectivity index (χ0n) is 63.0. The van der Waals surface area contributed by atoms with Gasteiger partial charge < -0.3 is 99.3 Å².